The van der Waals surface area contributed by atoms with Crippen LogP contribution in [0, 0.1) is 17.8 Å². The maximum atomic E-state index is 12.3. The van der Waals surface area contributed by atoms with E-state index in [0.717, 1.165) is 0 Å². The Bertz CT molecular complexity index is 963. The van der Waals surface area contributed by atoms with E-state index >= 15 is 0 Å². The summed E-state index contributed by atoms with van der Waals surface area (Å²) in [6.07, 6.45) is -3.15. The van der Waals surface area contributed by atoms with Crippen molar-refractivity contribution in [3.8, 4) is 11.5 Å². The minimum atomic E-state index is -1.43. The molecule has 0 aromatic heterocycles. The highest BCUT2D eigenvalue weighted by atomic mass is 16.7. The maximum Gasteiger partial charge on any atom is 0.513 e. The maximum absolute atomic E-state index is 12.3. The van der Waals surface area contributed by atoms with E-state index in [-0.39, 0.29) is 43.2 Å². The van der Waals surface area contributed by atoms with Gasteiger partial charge in [-0.3, -0.25) is 4.79 Å². The van der Waals surface area contributed by atoms with Crippen LogP contribution in [0.25, 0.3) is 0 Å². The molecule has 0 saturated heterocycles. The van der Waals surface area contributed by atoms with Crippen LogP contribution in [0.3, 0.4) is 0 Å². The summed E-state index contributed by atoms with van der Waals surface area (Å²) in [7, 11) is 0. The summed E-state index contributed by atoms with van der Waals surface area (Å²) in [6, 6.07) is 2.70. The van der Waals surface area contributed by atoms with Gasteiger partial charge in [-0.05, 0) is 42.9 Å². The quantitative estimate of drug-likeness (QED) is 0.177. The Hall–Kier alpha value is -3.54. The number of hydrogen-bond acceptors (Lipinski definition) is 11. The van der Waals surface area contributed by atoms with Crippen molar-refractivity contribution in [2.75, 3.05) is 19.8 Å². The number of carbonyl (C=O) groups excluding carboxylic acids is 3. The smallest absolute Gasteiger partial charge is 0.480 e. The number of carboxylic acid groups (broad SMARTS) is 1. The molecule has 12 heteroatoms. The Balaban J connectivity index is 3.38. The predicted octanol–water partition coefficient (Wildman–Crippen LogP) is 5.11. The van der Waals surface area contributed by atoms with Crippen molar-refractivity contribution in [1.29, 1.82) is 0 Å². The molecule has 0 fully saturated rings. The van der Waals surface area contributed by atoms with Crippen LogP contribution in [0.2, 0.25) is 0 Å². The second-order valence-electron chi connectivity index (χ2n) is 9.99. The van der Waals surface area contributed by atoms with E-state index < -0.39 is 48.4 Å². The summed E-state index contributed by atoms with van der Waals surface area (Å²) in [6.45, 7) is 12.8. The Morgan fingerprint density at radius 2 is 1.36 bits per heavy atom. The van der Waals surface area contributed by atoms with E-state index in [4.69, 9.17) is 34.2 Å². The topological polar surface area (TPSA) is 170 Å². The molecule has 0 saturated carbocycles. The van der Waals surface area contributed by atoms with Gasteiger partial charge in [0.25, 0.3) is 0 Å². The summed E-state index contributed by atoms with van der Waals surface area (Å²) in [4.78, 5) is 48.4. The molecule has 3 N–H and O–H groups in total. The highest BCUT2D eigenvalue weighted by Crippen LogP contribution is 2.37. The van der Waals surface area contributed by atoms with Gasteiger partial charge in [0.15, 0.2) is 11.5 Å². The zero-order chi connectivity index (χ0) is 29.7. The molecule has 4 atom stereocenters. The second kappa shape index (κ2) is 16.4. The summed E-state index contributed by atoms with van der Waals surface area (Å²) in [5.74, 6) is -3.13. The first kappa shape index (κ1) is 33.5. The number of aliphatic carboxylic acids is 1. The van der Waals surface area contributed by atoms with Crippen LogP contribution >= 0.6 is 0 Å². The van der Waals surface area contributed by atoms with E-state index in [9.17, 15) is 24.3 Å². The number of carbonyl (C=O) groups is 4. The number of rotatable bonds is 14. The van der Waals surface area contributed by atoms with Gasteiger partial charge in [0, 0.05) is 11.8 Å². The van der Waals surface area contributed by atoms with E-state index in [1.165, 1.54) is 18.2 Å². The van der Waals surface area contributed by atoms with E-state index in [2.05, 4.69) is 0 Å². The summed E-state index contributed by atoms with van der Waals surface area (Å²) in [5, 5.41) is 9.71. The molecule has 0 radical (unpaired) electrons. The lowest BCUT2D eigenvalue weighted by atomic mass is 9.79. The first-order valence-electron chi connectivity index (χ1n) is 12.9. The van der Waals surface area contributed by atoms with Crippen LogP contribution in [0.1, 0.15) is 66.4 Å². The van der Waals surface area contributed by atoms with Crippen molar-refractivity contribution in [2.45, 2.75) is 73.0 Å². The Kier molecular flexibility index (Phi) is 14.1. The molecular formula is C27H41NO11. The van der Waals surface area contributed by atoms with E-state index in [0.29, 0.717) is 12.0 Å². The molecule has 1 aromatic rings. The molecule has 12 nitrogen and oxygen atoms in total. The van der Waals surface area contributed by atoms with E-state index in [1.54, 1.807) is 13.8 Å². The third-order valence-electron chi connectivity index (χ3n) is 5.49. The summed E-state index contributed by atoms with van der Waals surface area (Å²) in [5.41, 5.74) is 6.38. The van der Waals surface area contributed by atoms with Gasteiger partial charge in [0.05, 0.1) is 19.8 Å². The number of carboxylic acids is 1. The van der Waals surface area contributed by atoms with Gasteiger partial charge < -0.3 is 39.3 Å². The minimum Gasteiger partial charge on any atom is -0.480 e. The molecule has 220 valence electrons. The molecule has 0 spiro atoms. The number of nitrogens with two attached hydrogens (primary N) is 1. The molecule has 0 amide bonds. The van der Waals surface area contributed by atoms with Crippen molar-refractivity contribution < 1.29 is 52.7 Å². The van der Waals surface area contributed by atoms with Gasteiger partial charge in [-0.1, -0.05) is 47.6 Å². The summed E-state index contributed by atoms with van der Waals surface area (Å²) < 4.78 is 30.9. The zero-order valence-corrected chi connectivity index (χ0v) is 23.6. The van der Waals surface area contributed by atoms with Gasteiger partial charge in [-0.25, -0.2) is 14.4 Å². The lowest BCUT2D eigenvalue weighted by Gasteiger charge is -2.31. The standard InChI is InChI=1S/C27H41NO11/c1-8-11-34-25(31)37-18(7)17(6)22(23(28)24(29)30)19-9-10-20(38-26(32)35-13-15(2)3)21(12-19)39-27(33)36-14-16(4)5/h9-10,12,15-18,22-23H,8,11,13-14,28H2,1-7H3,(H,29,30)/t17?,18?,22?,23-/m0/s1. The predicted molar refractivity (Wildman–Crippen MR) is 140 cm³/mol. The molecule has 0 bridgehead atoms. The minimum absolute atomic E-state index is 0.0370. The number of hydrogen-bond donors (Lipinski definition) is 2. The van der Waals surface area contributed by atoms with E-state index in [1.807, 2.05) is 34.6 Å². The molecule has 0 aliphatic heterocycles. The largest absolute Gasteiger partial charge is 0.513 e. The fourth-order valence-corrected chi connectivity index (χ4v) is 3.37. The molecular weight excluding hydrogens is 514 g/mol. The SMILES string of the molecule is CCCOC(=O)OC(C)C(C)C(c1ccc(OC(=O)OCC(C)C)c(OC(=O)OCC(C)C)c1)[C@H](N)C(=O)O. The Morgan fingerprint density at radius 1 is 0.821 bits per heavy atom. The van der Waals surface area contributed by atoms with Crippen LogP contribution < -0.4 is 15.2 Å². The van der Waals surface area contributed by atoms with Gasteiger partial charge in [0.2, 0.25) is 0 Å². The van der Waals surface area contributed by atoms with Gasteiger partial charge in [-0.2, -0.15) is 0 Å². The normalized spacial score (nSPS) is 14.1. The van der Waals surface area contributed by atoms with Crippen LogP contribution in [-0.2, 0) is 23.7 Å². The average molecular weight is 556 g/mol. The van der Waals surface area contributed by atoms with Gasteiger partial charge in [0.1, 0.15) is 12.1 Å². The van der Waals surface area contributed by atoms with Crippen LogP contribution in [0.4, 0.5) is 14.4 Å². The molecule has 1 rings (SSSR count). The second-order valence-corrected chi connectivity index (χ2v) is 9.99. The van der Waals surface area contributed by atoms with Gasteiger partial charge >= 0.3 is 24.4 Å². The highest BCUT2D eigenvalue weighted by molar-refractivity contribution is 5.75. The van der Waals surface area contributed by atoms with Crippen LogP contribution in [0.15, 0.2) is 18.2 Å². The Morgan fingerprint density at radius 3 is 1.85 bits per heavy atom. The third-order valence-corrected chi connectivity index (χ3v) is 5.49. The lowest BCUT2D eigenvalue weighted by Crippen LogP contribution is -2.42. The number of ether oxygens (including phenoxy) is 6. The van der Waals surface area contributed by atoms with Crippen molar-refractivity contribution in [2.24, 2.45) is 23.5 Å². The molecule has 39 heavy (non-hydrogen) atoms. The molecule has 1 aromatic carbocycles. The van der Waals surface area contributed by atoms with Crippen LogP contribution in [0.5, 0.6) is 11.5 Å². The molecule has 3 unspecified atom stereocenters. The van der Waals surface area contributed by atoms with Crippen molar-refractivity contribution in [3.63, 3.8) is 0 Å². The molecule has 0 aliphatic carbocycles. The fraction of sp³-hybridized carbons (Fsp3) is 0.630. The van der Waals surface area contributed by atoms with Gasteiger partial charge in [-0.15, -0.1) is 0 Å². The molecule has 0 aliphatic rings. The first-order chi connectivity index (χ1) is 18.3. The van der Waals surface area contributed by atoms with Crippen molar-refractivity contribution >= 4 is 24.4 Å². The van der Waals surface area contributed by atoms with Crippen LogP contribution in [-0.4, -0.2) is 61.5 Å². The Labute approximate surface area is 229 Å². The monoisotopic (exact) mass is 555 g/mol. The van der Waals surface area contributed by atoms with Crippen molar-refractivity contribution in [1.82, 2.24) is 0 Å². The summed E-state index contributed by atoms with van der Waals surface area (Å²) >= 11 is 0. The number of benzene rings is 1. The third kappa shape index (κ3) is 11.8. The molecule has 0 heterocycles. The average Bonchev–Trinajstić information content (AvgIpc) is 2.86. The van der Waals surface area contributed by atoms with Crippen molar-refractivity contribution in [3.05, 3.63) is 23.8 Å². The fourth-order valence-electron chi connectivity index (χ4n) is 3.37. The first-order valence-corrected chi connectivity index (χ1v) is 12.9. The lowest BCUT2D eigenvalue weighted by molar-refractivity contribution is -0.139. The zero-order valence-electron chi connectivity index (χ0n) is 23.6. The highest BCUT2D eigenvalue weighted by Gasteiger charge is 2.36.